The first kappa shape index (κ1) is 14.8. The van der Waals surface area contributed by atoms with E-state index in [0.29, 0.717) is 39.3 Å². The van der Waals surface area contributed by atoms with Crippen molar-refractivity contribution in [3.05, 3.63) is 0 Å². The first-order chi connectivity index (χ1) is 8.65. The van der Waals surface area contributed by atoms with Crippen LogP contribution >= 0.6 is 0 Å². The van der Waals surface area contributed by atoms with Gasteiger partial charge in [0.1, 0.15) is 0 Å². The van der Waals surface area contributed by atoms with E-state index in [-0.39, 0.29) is 6.03 Å². The topological polar surface area (TPSA) is 78.9 Å². The minimum absolute atomic E-state index is 0.169. The van der Waals surface area contributed by atoms with Gasteiger partial charge in [0.2, 0.25) is 0 Å². The zero-order chi connectivity index (χ0) is 13.4. The van der Waals surface area contributed by atoms with Gasteiger partial charge in [0.25, 0.3) is 0 Å². The average Bonchev–Trinajstić information content (AvgIpc) is 2.38. The summed E-state index contributed by atoms with van der Waals surface area (Å²) in [6, 6.07) is -0.169. The van der Waals surface area contributed by atoms with Crippen molar-refractivity contribution in [2.45, 2.75) is 26.2 Å². The molecule has 0 unspecified atom stereocenters. The molecule has 1 saturated heterocycles. The molecule has 0 radical (unpaired) electrons. The standard InChI is InChI=1S/C12H22N2O4/c1-2-18-8-4-6-13-12(17)14-7-3-5-10(9-14)11(15)16/h10H,2-9H2,1H3,(H,13,17)(H,15,16)/t10-/m0/s1. The molecular weight excluding hydrogens is 236 g/mol. The van der Waals surface area contributed by atoms with Crippen molar-refractivity contribution in [1.82, 2.24) is 10.2 Å². The second-order valence-corrected chi connectivity index (χ2v) is 4.41. The maximum absolute atomic E-state index is 11.8. The second kappa shape index (κ2) is 7.92. The van der Waals surface area contributed by atoms with Gasteiger partial charge in [-0.05, 0) is 26.2 Å². The largest absolute Gasteiger partial charge is 0.481 e. The summed E-state index contributed by atoms with van der Waals surface area (Å²) < 4.78 is 5.17. The third kappa shape index (κ3) is 4.91. The number of carbonyl (C=O) groups is 2. The molecule has 0 saturated carbocycles. The lowest BCUT2D eigenvalue weighted by molar-refractivity contribution is -0.143. The van der Waals surface area contributed by atoms with Gasteiger partial charge in [-0.1, -0.05) is 0 Å². The minimum Gasteiger partial charge on any atom is -0.481 e. The number of hydrogen-bond donors (Lipinski definition) is 2. The van der Waals surface area contributed by atoms with Crippen molar-refractivity contribution < 1.29 is 19.4 Å². The van der Waals surface area contributed by atoms with Crippen LogP contribution in [0.25, 0.3) is 0 Å². The molecule has 18 heavy (non-hydrogen) atoms. The number of nitrogens with one attached hydrogen (secondary N) is 1. The average molecular weight is 258 g/mol. The Hall–Kier alpha value is -1.30. The van der Waals surface area contributed by atoms with Crippen molar-refractivity contribution in [2.24, 2.45) is 5.92 Å². The van der Waals surface area contributed by atoms with Gasteiger partial charge in [-0.3, -0.25) is 4.79 Å². The lowest BCUT2D eigenvalue weighted by Gasteiger charge is -2.30. The van der Waals surface area contributed by atoms with Crippen molar-refractivity contribution >= 4 is 12.0 Å². The van der Waals surface area contributed by atoms with Gasteiger partial charge in [-0.25, -0.2) is 4.79 Å². The monoisotopic (exact) mass is 258 g/mol. The molecule has 0 spiro atoms. The zero-order valence-electron chi connectivity index (χ0n) is 10.9. The normalized spacial score (nSPS) is 19.6. The quantitative estimate of drug-likeness (QED) is 0.694. The Bertz CT molecular complexity index is 283. The van der Waals surface area contributed by atoms with E-state index in [0.717, 1.165) is 12.8 Å². The van der Waals surface area contributed by atoms with Gasteiger partial charge in [0.15, 0.2) is 0 Å². The van der Waals surface area contributed by atoms with E-state index < -0.39 is 11.9 Å². The summed E-state index contributed by atoms with van der Waals surface area (Å²) in [6.45, 7) is 4.76. The van der Waals surface area contributed by atoms with Crippen LogP contribution in [0, 0.1) is 5.92 Å². The first-order valence-electron chi connectivity index (χ1n) is 6.48. The Balaban J connectivity index is 2.22. The van der Waals surface area contributed by atoms with Crippen molar-refractivity contribution in [1.29, 1.82) is 0 Å². The number of hydrogen-bond acceptors (Lipinski definition) is 3. The van der Waals surface area contributed by atoms with E-state index in [1.165, 1.54) is 0 Å². The number of piperidine rings is 1. The summed E-state index contributed by atoms with van der Waals surface area (Å²) in [7, 11) is 0. The van der Waals surface area contributed by atoms with Crippen LogP contribution in [-0.4, -0.2) is 54.9 Å². The Morgan fingerprint density at radius 2 is 2.28 bits per heavy atom. The predicted molar refractivity (Wildman–Crippen MR) is 66.4 cm³/mol. The molecule has 104 valence electrons. The lowest BCUT2D eigenvalue weighted by Crippen LogP contribution is -2.47. The number of aliphatic carboxylic acids is 1. The van der Waals surface area contributed by atoms with Crippen LogP contribution in [-0.2, 0) is 9.53 Å². The Labute approximate surface area is 107 Å². The number of amides is 2. The molecule has 1 atom stereocenters. The summed E-state index contributed by atoms with van der Waals surface area (Å²) in [6.07, 6.45) is 2.18. The fourth-order valence-electron chi connectivity index (χ4n) is 1.99. The van der Waals surface area contributed by atoms with Crippen molar-refractivity contribution in [2.75, 3.05) is 32.8 Å². The fourth-order valence-corrected chi connectivity index (χ4v) is 1.99. The summed E-state index contributed by atoms with van der Waals surface area (Å²) >= 11 is 0. The number of urea groups is 1. The van der Waals surface area contributed by atoms with E-state index in [9.17, 15) is 9.59 Å². The Morgan fingerprint density at radius 1 is 1.50 bits per heavy atom. The molecule has 0 aromatic heterocycles. The van der Waals surface area contributed by atoms with Gasteiger partial charge in [0, 0.05) is 32.8 Å². The van der Waals surface area contributed by atoms with Gasteiger partial charge < -0.3 is 20.1 Å². The van der Waals surface area contributed by atoms with Crippen LogP contribution in [0.15, 0.2) is 0 Å². The highest BCUT2D eigenvalue weighted by atomic mass is 16.5. The summed E-state index contributed by atoms with van der Waals surface area (Å²) in [4.78, 5) is 24.2. The number of likely N-dealkylation sites (tertiary alicyclic amines) is 1. The van der Waals surface area contributed by atoms with Gasteiger partial charge in [0.05, 0.1) is 5.92 Å². The van der Waals surface area contributed by atoms with Crippen LogP contribution in [0.4, 0.5) is 4.79 Å². The van der Waals surface area contributed by atoms with Gasteiger partial charge in [-0.15, -0.1) is 0 Å². The highest BCUT2D eigenvalue weighted by molar-refractivity contribution is 5.76. The number of rotatable bonds is 6. The number of carboxylic acids is 1. The molecule has 6 nitrogen and oxygen atoms in total. The molecule has 0 aromatic carbocycles. The van der Waals surface area contributed by atoms with E-state index in [1.54, 1.807) is 4.90 Å². The lowest BCUT2D eigenvalue weighted by atomic mass is 9.99. The molecule has 1 aliphatic rings. The molecule has 6 heteroatoms. The molecule has 1 heterocycles. The molecular formula is C12H22N2O4. The van der Waals surface area contributed by atoms with Crippen LogP contribution in [0.3, 0.4) is 0 Å². The second-order valence-electron chi connectivity index (χ2n) is 4.41. The smallest absolute Gasteiger partial charge is 0.317 e. The number of carbonyl (C=O) groups excluding carboxylic acids is 1. The van der Waals surface area contributed by atoms with Crippen molar-refractivity contribution in [3.8, 4) is 0 Å². The van der Waals surface area contributed by atoms with Crippen molar-refractivity contribution in [3.63, 3.8) is 0 Å². The number of ether oxygens (including phenoxy) is 1. The first-order valence-corrected chi connectivity index (χ1v) is 6.48. The molecule has 0 aromatic rings. The maximum Gasteiger partial charge on any atom is 0.317 e. The predicted octanol–water partition coefficient (Wildman–Crippen LogP) is 0.919. The van der Waals surface area contributed by atoms with Gasteiger partial charge >= 0.3 is 12.0 Å². The van der Waals surface area contributed by atoms with Gasteiger partial charge in [-0.2, -0.15) is 0 Å². The maximum atomic E-state index is 11.8. The SMILES string of the molecule is CCOCCCNC(=O)N1CCC[C@H](C(=O)O)C1. The fraction of sp³-hybridized carbons (Fsp3) is 0.833. The zero-order valence-corrected chi connectivity index (χ0v) is 10.9. The van der Waals surface area contributed by atoms with E-state index in [1.807, 2.05) is 6.92 Å². The van der Waals surface area contributed by atoms with Crippen LogP contribution in [0.1, 0.15) is 26.2 Å². The molecule has 2 amide bonds. The molecule has 1 fully saturated rings. The molecule has 1 aliphatic heterocycles. The number of nitrogens with zero attached hydrogens (tertiary/aromatic N) is 1. The van der Waals surface area contributed by atoms with E-state index >= 15 is 0 Å². The third-order valence-electron chi connectivity index (χ3n) is 3.00. The molecule has 0 aliphatic carbocycles. The molecule has 1 rings (SSSR count). The highest BCUT2D eigenvalue weighted by Crippen LogP contribution is 2.16. The van der Waals surface area contributed by atoms with E-state index in [2.05, 4.69) is 5.32 Å². The highest BCUT2D eigenvalue weighted by Gasteiger charge is 2.27. The van der Waals surface area contributed by atoms with Crippen LogP contribution < -0.4 is 5.32 Å². The third-order valence-corrected chi connectivity index (χ3v) is 3.00. The molecule has 0 bridgehead atoms. The van der Waals surface area contributed by atoms with E-state index in [4.69, 9.17) is 9.84 Å². The van der Waals surface area contributed by atoms with Crippen LogP contribution in [0.5, 0.6) is 0 Å². The Morgan fingerprint density at radius 3 is 2.94 bits per heavy atom. The Kier molecular flexibility index (Phi) is 6.49. The summed E-state index contributed by atoms with van der Waals surface area (Å²) in [5.41, 5.74) is 0. The summed E-state index contributed by atoms with van der Waals surface area (Å²) in [5.74, 6) is -1.24. The molecule has 2 N–H and O–H groups in total. The van der Waals surface area contributed by atoms with Crippen LogP contribution in [0.2, 0.25) is 0 Å². The summed E-state index contributed by atoms with van der Waals surface area (Å²) in [5, 5.41) is 11.7. The minimum atomic E-state index is -0.816. The number of carboxylic acid groups (broad SMARTS) is 1.